The van der Waals surface area contributed by atoms with E-state index in [2.05, 4.69) is 15.5 Å². The maximum absolute atomic E-state index is 13.1. The standard InChI is InChI=1S/C15H14F3N3O3/c1-2-8-6-20-21-12(8)7-19-13(22)10-4-3-9(14(23)24)5-11(10)15(16,17)18/h3-6H,2,7H2,1H3,(H,19,22)(H,20,21)(H,23,24). The number of aromatic carboxylic acids is 1. The Balaban J connectivity index is 2.27. The first-order valence-corrected chi connectivity index (χ1v) is 6.98. The highest BCUT2D eigenvalue weighted by Gasteiger charge is 2.36. The second kappa shape index (κ2) is 6.73. The fourth-order valence-electron chi connectivity index (χ4n) is 2.17. The molecule has 0 saturated heterocycles. The minimum Gasteiger partial charge on any atom is -0.478 e. The predicted octanol–water partition coefficient (Wildman–Crippen LogP) is 2.62. The lowest BCUT2D eigenvalue weighted by atomic mass is 10.0. The molecule has 6 nitrogen and oxygen atoms in total. The molecule has 1 aromatic heterocycles. The number of carboxylic acid groups (broad SMARTS) is 1. The number of aromatic amines is 1. The van der Waals surface area contributed by atoms with Gasteiger partial charge in [-0.05, 0) is 30.2 Å². The number of amides is 1. The van der Waals surface area contributed by atoms with Crippen molar-refractivity contribution in [3.63, 3.8) is 0 Å². The Labute approximate surface area is 134 Å². The molecule has 0 saturated carbocycles. The van der Waals surface area contributed by atoms with Crippen molar-refractivity contribution >= 4 is 11.9 Å². The van der Waals surface area contributed by atoms with Gasteiger partial charge in [-0.3, -0.25) is 9.89 Å². The number of alkyl halides is 3. The van der Waals surface area contributed by atoms with Crippen LogP contribution in [0.25, 0.3) is 0 Å². The van der Waals surface area contributed by atoms with Crippen molar-refractivity contribution in [1.82, 2.24) is 15.5 Å². The lowest BCUT2D eigenvalue weighted by Gasteiger charge is -2.13. The van der Waals surface area contributed by atoms with E-state index < -0.39 is 34.7 Å². The molecule has 0 fully saturated rings. The van der Waals surface area contributed by atoms with E-state index in [1.165, 1.54) is 0 Å². The molecule has 0 radical (unpaired) electrons. The Hall–Kier alpha value is -2.84. The van der Waals surface area contributed by atoms with E-state index in [9.17, 15) is 22.8 Å². The summed E-state index contributed by atoms with van der Waals surface area (Å²) in [5.74, 6) is -2.45. The number of carbonyl (C=O) groups is 2. The van der Waals surface area contributed by atoms with Gasteiger partial charge in [-0.15, -0.1) is 0 Å². The predicted molar refractivity (Wildman–Crippen MR) is 77.5 cm³/mol. The number of hydrogen-bond donors (Lipinski definition) is 3. The van der Waals surface area contributed by atoms with Crippen LogP contribution >= 0.6 is 0 Å². The van der Waals surface area contributed by atoms with Gasteiger partial charge in [0.25, 0.3) is 5.91 Å². The van der Waals surface area contributed by atoms with E-state index in [4.69, 9.17) is 5.11 Å². The SMILES string of the molecule is CCc1cn[nH]c1CNC(=O)c1ccc(C(=O)O)cc1C(F)(F)F. The molecule has 24 heavy (non-hydrogen) atoms. The zero-order valence-electron chi connectivity index (χ0n) is 12.6. The number of benzene rings is 1. The average molecular weight is 341 g/mol. The number of aryl methyl sites for hydroxylation is 1. The van der Waals surface area contributed by atoms with E-state index in [1.807, 2.05) is 6.92 Å². The molecular weight excluding hydrogens is 327 g/mol. The van der Waals surface area contributed by atoms with E-state index in [1.54, 1.807) is 6.20 Å². The molecule has 0 unspecified atom stereocenters. The summed E-state index contributed by atoms with van der Waals surface area (Å²) in [6, 6.07) is 2.26. The second-order valence-electron chi connectivity index (χ2n) is 4.97. The molecule has 1 heterocycles. The molecule has 2 aromatic rings. The van der Waals surface area contributed by atoms with Crippen molar-refractivity contribution in [3.05, 3.63) is 52.3 Å². The summed E-state index contributed by atoms with van der Waals surface area (Å²) in [4.78, 5) is 22.9. The Kier molecular flexibility index (Phi) is 4.91. The Morgan fingerprint density at radius 3 is 2.62 bits per heavy atom. The quantitative estimate of drug-likeness (QED) is 0.779. The van der Waals surface area contributed by atoms with Gasteiger partial charge in [0.05, 0.1) is 35.1 Å². The molecule has 1 amide bonds. The maximum atomic E-state index is 13.1. The van der Waals surface area contributed by atoms with Gasteiger partial charge in [0, 0.05) is 0 Å². The number of nitrogens with zero attached hydrogens (tertiary/aromatic N) is 1. The highest BCUT2D eigenvalue weighted by molar-refractivity contribution is 5.97. The number of H-pyrrole nitrogens is 1. The largest absolute Gasteiger partial charge is 0.478 e. The number of nitrogens with one attached hydrogen (secondary N) is 2. The second-order valence-corrected chi connectivity index (χ2v) is 4.97. The highest BCUT2D eigenvalue weighted by atomic mass is 19.4. The molecule has 0 aliphatic rings. The third-order valence-electron chi connectivity index (χ3n) is 3.43. The number of carbonyl (C=O) groups excluding carboxylic acids is 1. The van der Waals surface area contributed by atoms with Crippen LogP contribution in [0.2, 0.25) is 0 Å². The third kappa shape index (κ3) is 3.73. The first kappa shape index (κ1) is 17.5. The van der Waals surface area contributed by atoms with Gasteiger partial charge in [0.2, 0.25) is 0 Å². The summed E-state index contributed by atoms with van der Waals surface area (Å²) in [5.41, 5.74) is -1.03. The lowest BCUT2D eigenvalue weighted by molar-refractivity contribution is -0.137. The number of halogens is 3. The minimum absolute atomic E-state index is 0.0139. The average Bonchev–Trinajstić information content (AvgIpc) is 2.98. The van der Waals surface area contributed by atoms with Crippen LogP contribution in [0.5, 0.6) is 0 Å². The van der Waals surface area contributed by atoms with E-state index >= 15 is 0 Å². The van der Waals surface area contributed by atoms with Crippen LogP contribution < -0.4 is 5.32 Å². The molecule has 0 aliphatic heterocycles. The molecule has 0 atom stereocenters. The summed E-state index contributed by atoms with van der Waals surface area (Å²) in [6.07, 6.45) is -2.62. The van der Waals surface area contributed by atoms with Crippen LogP contribution in [0.15, 0.2) is 24.4 Å². The summed E-state index contributed by atoms with van der Waals surface area (Å²) < 4.78 is 39.3. The van der Waals surface area contributed by atoms with Gasteiger partial charge < -0.3 is 10.4 Å². The van der Waals surface area contributed by atoms with Crippen LogP contribution in [0.4, 0.5) is 13.2 Å². The number of carboxylic acids is 1. The number of hydrogen-bond acceptors (Lipinski definition) is 3. The van der Waals surface area contributed by atoms with Crippen molar-refractivity contribution in [2.45, 2.75) is 26.1 Å². The van der Waals surface area contributed by atoms with Crippen molar-refractivity contribution in [2.24, 2.45) is 0 Å². The minimum atomic E-state index is -4.85. The van der Waals surface area contributed by atoms with Crippen molar-refractivity contribution in [3.8, 4) is 0 Å². The molecule has 0 spiro atoms. The number of rotatable bonds is 5. The molecule has 1 aromatic carbocycles. The van der Waals surface area contributed by atoms with Gasteiger partial charge in [-0.2, -0.15) is 18.3 Å². The fourth-order valence-corrected chi connectivity index (χ4v) is 2.17. The maximum Gasteiger partial charge on any atom is 0.417 e. The summed E-state index contributed by atoms with van der Waals surface area (Å²) in [5, 5.41) is 17.7. The van der Waals surface area contributed by atoms with Crippen molar-refractivity contribution in [2.75, 3.05) is 0 Å². The molecule has 0 bridgehead atoms. The zero-order valence-corrected chi connectivity index (χ0v) is 12.6. The monoisotopic (exact) mass is 341 g/mol. The summed E-state index contributed by atoms with van der Waals surface area (Å²) in [6.45, 7) is 1.86. The molecule has 3 N–H and O–H groups in total. The normalized spacial score (nSPS) is 11.3. The molecular formula is C15H14F3N3O3. The fraction of sp³-hybridized carbons (Fsp3) is 0.267. The van der Waals surface area contributed by atoms with E-state index in [0.717, 1.165) is 17.7 Å². The van der Waals surface area contributed by atoms with Crippen LogP contribution in [-0.4, -0.2) is 27.2 Å². The summed E-state index contributed by atoms with van der Waals surface area (Å²) >= 11 is 0. The van der Waals surface area contributed by atoms with E-state index in [-0.39, 0.29) is 6.54 Å². The van der Waals surface area contributed by atoms with Gasteiger partial charge in [-0.1, -0.05) is 6.92 Å². The van der Waals surface area contributed by atoms with Crippen LogP contribution in [0, 0.1) is 0 Å². The lowest BCUT2D eigenvalue weighted by Crippen LogP contribution is -2.26. The summed E-state index contributed by atoms with van der Waals surface area (Å²) in [7, 11) is 0. The van der Waals surface area contributed by atoms with Gasteiger partial charge in [0.1, 0.15) is 0 Å². The van der Waals surface area contributed by atoms with Crippen LogP contribution in [0.3, 0.4) is 0 Å². The van der Waals surface area contributed by atoms with Crippen molar-refractivity contribution in [1.29, 1.82) is 0 Å². The third-order valence-corrected chi connectivity index (χ3v) is 3.43. The van der Waals surface area contributed by atoms with Crippen molar-refractivity contribution < 1.29 is 27.9 Å². The Bertz CT molecular complexity index is 769. The topological polar surface area (TPSA) is 95.1 Å². The van der Waals surface area contributed by atoms with Gasteiger partial charge in [-0.25, -0.2) is 4.79 Å². The van der Waals surface area contributed by atoms with Gasteiger partial charge >= 0.3 is 12.1 Å². The van der Waals surface area contributed by atoms with Crippen LogP contribution in [-0.2, 0) is 19.1 Å². The smallest absolute Gasteiger partial charge is 0.417 e. The Morgan fingerprint density at radius 1 is 1.33 bits per heavy atom. The highest BCUT2D eigenvalue weighted by Crippen LogP contribution is 2.32. The van der Waals surface area contributed by atoms with E-state index in [0.29, 0.717) is 18.2 Å². The molecule has 128 valence electrons. The first-order valence-electron chi connectivity index (χ1n) is 6.98. The first-order chi connectivity index (χ1) is 11.2. The molecule has 0 aliphatic carbocycles. The zero-order chi connectivity index (χ0) is 17.9. The number of aromatic nitrogens is 2. The Morgan fingerprint density at radius 2 is 2.04 bits per heavy atom. The van der Waals surface area contributed by atoms with Crippen LogP contribution in [0.1, 0.15) is 44.5 Å². The molecule has 9 heteroatoms. The van der Waals surface area contributed by atoms with Gasteiger partial charge in [0.15, 0.2) is 0 Å². The molecule has 2 rings (SSSR count).